The van der Waals surface area contributed by atoms with E-state index in [-0.39, 0.29) is 24.3 Å². The minimum Gasteiger partial charge on any atom is -0.367 e. The molecule has 0 spiro atoms. The molecule has 2 fully saturated rings. The van der Waals surface area contributed by atoms with Gasteiger partial charge in [0, 0.05) is 32.1 Å². The Balaban J connectivity index is 1.47. The molecule has 0 bridgehead atoms. The summed E-state index contributed by atoms with van der Waals surface area (Å²) in [5.74, 6) is 0.153. The molecule has 1 saturated carbocycles. The first kappa shape index (κ1) is 15.2. The Bertz CT molecular complexity index is 566. The maximum absolute atomic E-state index is 12.1. The Morgan fingerprint density at radius 2 is 1.82 bits per heavy atom. The highest BCUT2D eigenvalue weighted by atomic mass is 35.5. The molecule has 3 rings (SSSR count). The predicted octanol–water partition coefficient (Wildman–Crippen LogP) is 1.51. The fraction of sp³-hybridized carbons (Fsp3) is 0.500. The molecule has 0 radical (unpaired) electrons. The number of para-hydroxylation sites is 1. The minimum absolute atomic E-state index is 0.00666. The number of rotatable bonds is 4. The van der Waals surface area contributed by atoms with E-state index in [9.17, 15) is 9.59 Å². The molecule has 118 valence electrons. The lowest BCUT2D eigenvalue weighted by Crippen LogP contribution is -2.51. The van der Waals surface area contributed by atoms with Gasteiger partial charge >= 0.3 is 0 Å². The van der Waals surface area contributed by atoms with Gasteiger partial charge in [-0.05, 0) is 25.0 Å². The van der Waals surface area contributed by atoms with E-state index in [2.05, 4.69) is 10.2 Å². The molecular formula is C16H20ClN3O2. The van der Waals surface area contributed by atoms with Crippen molar-refractivity contribution in [1.82, 2.24) is 10.2 Å². The van der Waals surface area contributed by atoms with E-state index in [1.54, 1.807) is 4.90 Å². The van der Waals surface area contributed by atoms with Crippen LogP contribution < -0.4 is 10.2 Å². The van der Waals surface area contributed by atoms with E-state index in [1.807, 2.05) is 24.3 Å². The molecule has 6 heteroatoms. The Hall–Kier alpha value is -1.75. The first-order valence-electron chi connectivity index (χ1n) is 7.70. The second-order valence-corrected chi connectivity index (χ2v) is 6.22. The van der Waals surface area contributed by atoms with E-state index in [4.69, 9.17) is 11.6 Å². The highest BCUT2D eigenvalue weighted by molar-refractivity contribution is 6.33. The summed E-state index contributed by atoms with van der Waals surface area (Å²) in [5.41, 5.74) is 1.01. The maximum atomic E-state index is 12.1. The van der Waals surface area contributed by atoms with Crippen LogP contribution >= 0.6 is 11.6 Å². The molecule has 0 unspecified atom stereocenters. The Labute approximate surface area is 135 Å². The van der Waals surface area contributed by atoms with Crippen LogP contribution in [0.2, 0.25) is 5.02 Å². The van der Waals surface area contributed by atoms with Gasteiger partial charge in [-0.25, -0.2) is 0 Å². The smallest absolute Gasteiger partial charge is 0.242 e. The van der Waals surface area contributed by atoms with E-state index < -0.39 is 0 Å². The molecule has 1 heterocycles. The van der Waals surface area contributed by atoms with Crippen LogP contribution in [0.5, 0.6) is 0 Å². The van der Waals surface area contributed by atoms with Crippen molar-refractivity contribution in [3.63, 3.8) is 0 Å². The summed E-state index contributed by atoms with van der Waals surface area (Å²) in [7, 11) is 0. The van der Waals surface area contributed by atoms with Gasteiger partial charge in [0.05, 0.1) is 17.3 Å². The Morgan fingerprint density at radius 1 is 1.14 bits per heavy atom. The summed E-state index contributed by atoms with van der Waals surface area (Å²) in [5, 5.41) is 3.46. The number of hydrogen-bond acceptors (Lipinski definition) is 3. The van der Waals surface area contributed by atoms with Crippen LogP contribution in [0.3, 0.4) is 0 Å². The number of amides is 2. The van der Waals surface area contributed by atoms with Crippen molar-refractivity contribution in [2.24, 2.45) is 5.92 Å². The first-order valence-corrected chi connectivity index (χ1v) is 8.08. The van der Waals surface area contributed by atoms with Crippen molar-refractivity contribution < 1.29 is 9.59 Å². The summed E-state index contributed by atoms with van der Waals surface area (Å²) >= 11 is 6.21. The molecule has 1 N–H and O–H groups in total. The number of anilines is 1. The van der Waals surface area contributed by atoms with Crippen molar-refractivity contribution in [3.05, 3.63) is 29.3 Å². The molecule has 2 aliphatic rings. The number of carbonyl (C=O) groups is 2. The van der Waals surface area contributed by atoms with Crippen LogP contribution in [0, 0.1) is 5.92 Å². The van der Waals surface area contributed by atoms with Gasteiger partial charge in [-0.2, -0.15) is 0 Å². The predicted molar refractivity (Wildman–Crippen MR) is 86.0 cm³/mol. The molecule has 5 nitrogen and oxygen atoms in total. The van der Waals surface area contributed by atoms with Gasteiger partial charge in [0.1, 0.15) is 0 Å². The monoisotopic (exact) mass is 321 g/mol. The quantitative estimate of drug-likeness (QED) is 0.914. The van der Waals surface area contributed by atoms with E-state index >= 15 is 0 Å². The number of nitrogens with one attached hydrogen (secondary N) is 1. The van der Waals surface area contributed by atoms with Crippen molar-refractivity contribution in [2.45, 2.75) is 12.8 Å². The van der Waals surface area contributed by atoms with Gasteiger partial charge in [0.15, 0.2) is 0 Å². The zero-order chi connectivity index (χ0) is 15.5. The highest BCUT2D eigenvalue weighted by Crippen LogP contribution is 2.28. The second-order valence-electron chi connectivity index (χ2n) is 5.81. The van der Waals surface area contributed by atoms with Gasteiger partial charge in [-0.15, -0.1) is 0 Å². The van der Waals surface area contributed by atoms with Crippen LogP contribution in [0.15, 0.2) is 24.3 Å². The largest absolute Gasteiger partial charge is 0.367 e. The standard InChI is InChI=1S/C16H20ClN3O2/c17-13-3-1-2-4-14(13)19-7-9-20(10-8-19)15(21)11-18-16(22)12-5-6-12/h1-4,12H,5-11H2,(H,18,22). The van der Waals surface area contributed by atoms with Crippen molar-refractivity contribution in [3.8, 4) is 0 Å². The average molecular weight is 322 g/mol. The SMILES string of the molecule is O=C(NCC(=O)N1CCN(c2ccccc2Cl)CC1)C1CC1. The van der Waals surface area contributed by atoms with Gasteiger partial charge in [0.25, 0.3) is 0 Å². The first-order chi connectivity index (χ1) is 10.6. The molecular weight excluding hydrogens is 302 g/mol. The number of nitrogens with zero attached hydrogens (tertiary/aromatic N) is 2. The fourth-order valence-corrected chi connectivity index (χ4v) is 2.92. The van der Waals surface area contributed by atoms with Crippen LogP contribution in [0.25, 0.3) is 0 Å². The Morgan fingerprint density at radius 3 is 2.45 bits per heavy atom. The molecule has 1 aliphatic heterocycles. The molecule has 1 saturated heterocycles. The zero-order valence-corrected chi connectivity index (χ0v) is 13.2. The third-order valence-electron chi connectivity index (χ3n) is 4.19. The number of carbonyl (C=O) groups excluding carboxylic acids is 2. The second kappa shape index (κ2) is 6.57. The Kier molecular flexibility index (Phi) is 4.52. The zero-order valence-electron chi connectivity index (χ0n) is 12.4. The topological polar surface area (TPSA) is 52.7 Å². The van der Waals surface area contributed by atoms with Gasteiger partial charge < -0.3 is 15.1 Å². The lowest BCUT2D eigenvalue weighted by atomic mass is 10.2. The molecule has 0 atom stereocenters. The highest BCUT2D eigenvalue weighted by Gasteiger charge is 2.30. The normalized spacial score (nSPS) is 18.2. The lowest BCUT2D eigenvalue weighted by Gasteiger charge is -2.36. The number of benzene rings is 1. The summed E-state index contributed by atoms with van der Waals surface area (Å²) in [6.45, 7) is 2.94. The molecule has 1 aliphatic carbocycles. The number of piperazine rings is 1. The van der Waals surface area contributed by atoms with Crippen LogP contribution in [-0.4, -0.2) is 49.4 Å². The fourth-order valence-electron chi connectivity index (χ4n) is 2.67. The van der Waals surface area contributed by atoms with Gasteiger partial charge in [-0.3, -0.25) is 9.59 Å². The van der Waals surface area contributed by atoms with Crippen LogP contribution in [0.4, 0.5) is 5.69 Å². The van der Waals surface area contributed by atoms with E-state index in [0.717, 1.165) is 36.6 Å². The summed E-state index contributed by atoms with van der Waals surface area (Å²) in [4.78, 5) is 27.7. The third-order valence-corrected chi connectivity index (χ3v) is 4.51. The summed E-state index contributed by atoms with van der Waals surface area (Å²) in [6, 6.07) is 7.75. The molecule has 2 amide bonds. The summed E-state index contributed by atoms with van der Waals surface area (Å²) < 4.78 is 0. The van der Waals surface area contributed by atoms with Crippen LogP contribution in [0.1, 0.15) is 12.8 Å². The van der Waals surface area contributed by atoms with Gasteiger partial charge in [0.2, 0.25) is 11.8 Å². The summed E-state index contributed by atoms with van der Waals surface area (Å²) in [6.07, 6.45) is 1.91. The van der Waals surface area contributed by atoms with Crippen molar-refractivity contribution in [1.29, 1.82) is 0 Å². The third kappa shape index (κ3) is 3.53. The maximum Gasteiger partial charge on any atom is 0.242 e. The molecule has 0 aromatic heterocycles. The lowest BCUT2D eigenvalue weighted by molar-refractivity contribution is -0.133. The number of hydrogen-bond donors (Lipinski definition) is 1. The molecule has 22 heavy (non-hydrogen) atoms. The minimum atomic E-state index is -0.00666. The van der Waals surface area contributed by atoms with Crippen LogP contribution in [-0.2, 0) is 9.59 Å². The van der Waals surface area contributed by atoms with E-state index in [0.29, 0.717) is 13.1 Å². The van der Waals surface area contributed by atoms with Crippen molar-refractivity contribution >= 4 is 29.1 Å². The molecule has 1 aromatic carbocycles. The van der Waals surface area contributed by atoms with Gasteiger partial charge in [-0.1, -0.05) is 23.7 Å². The number of halogens is 1. The van der Waals surface area contributed by atoms with E-state index in [1.165, 1.54) is 0 Å². The molecule has 1 aromatic rings. The average Bonchev–Trinajstić information content (AvgIpc) is 3.38. The van der Waals surface area contributed by atoms with Crippen molar-refractivity contribution in [2.75, 3.05) is 37.6 Å².